The van der Waals surface area contributed by atoms with E-state index in [1.807, 2.05) is 30.3 Å². The molecule has 3 aromatic carbocycles. The summed E-state index contributed by atoms with van der Waals surface area (Å²) in [5.74, 6) is -1.80. The first-order valence-corrected chi connectivity index (χ1v) is 12.1. The third-order valence-corrected chi connectivity index (χ3v) is 5.36. The van der Waals surface area contributed by atoms with Gasteiger partial charge in [-0.3, -0.25) is 0 Å². The SMILES string of the molecule is CC(C)(C)OC(=O)[C@H](OC=CCCCc1ccc2ccccc2c1)[C@@H](O)C(=O)OCc1ccccc1. The number of aliphatic hydroxyl groups is 1. The summed E-state index contributed by atoms with van der Waals surface area (Å²) >= 11 is 0. The van der Waals surface area contributed by atoms with Crippen molar-refractivity contribution < 1.29 is 28.9 Å². The molecule has 0 bridgehead atoms. The minimum atomic E-state index is -1.83. The number of fused-ring (bicyclic) bond motifs is 1. The number of carbonyl (C=O) groups excluding carboxylic acids is 2. The summed E-state index contributed by atoms with van der Waals surface area (Å²) in [4.78, 5) is 25.1. The fourth-order valence-corrected chi connectivity index (χ4v) is 3.58. The van der Waals surface area contributed by atoms with Crippen molar-refractivity contribution in [3.8, 4) is 0 Å². The predicted octanol–water partition coefficient (Wildman–Crippen LogP) is 5.51. The van der Waals surface area contributed by atoms with E-state index < -0.39 is 29.7 Å². The van der Waals surface area contributed by atoms with Crippen LogP contribution in [0.5, 0.6) is 0 Å². The van der Waals surface area contributed by atoms with E-state index in [0.29, 0.717) is 6.42 Å². The summed E-state index contributed by atoms with van der Waals surface area (Å²) in [6.07, 6.45) is 2.19. The lowest BCUT2D eigenvalue weighted by Gasteiger charge is -2.25. The van der Waals surface area contributed by atoms with Crippen LogP contribution in [0.25, 0.3) is 10.8 Å². The quantitative estimate of drug-likeness (QED) is 0.217. The number of rotatable bonds is 11. The monoisotopic (exact) mass is 490 g/mol. The zero-order valence-electron chi connectivity index (χ0n) is 21.1. The second-order valence-corrected chi connectivity index (χ2v) is 9.57. The first-order chi connectivity index (χ1) is 17.2. The topological polar surface area (TPSA) is 82.1 Å². The molecule has 0 aliphatic carbocycles. The van der Waals surface area contributed by atoms with Crippen molar-refractivity contribution in [3.05, 3.63) is 96.3 Å². The molecular weight excluding hydrogens is 456 g/mol. The van der Waals surface area contributed by atoms with Gasteiger partial charge in [0.2, 0.25) is 6.10 Å². The van der Waals surface area contributed by atoms with Gasteiger partial charge in [0.05, 0.1) is 6.26 Å². The van der Waals surface area contributed by atoms with Crippen LogP contribution in [0.2, 0.25) is 0 Å². The number of carbonyl (C=O) groups is 2. The van der Waals surface area contributed by atoms with Gasteiger partial charge in [-0.05, 0) is 68.0 Å². The third-order valence-electron chi connectivity index (χ3n) is 5.36. The van der Waals surface area contributed by atoms with Crippen molar-refractivity contribution in [2.45, 2.75) is 64.4 Å². The Hall–Kier alpha value is -3.64. The average molecular weight is 491 g/mol. The van der Waals surface area contributed by atoms with Crippen molar-refractivity contribution in [1.29, 1.82) is 0 Å². The molecule has 0 aliphatic heterocycles. The van der Waals surface area contributed by atoms with Gasteiger partial charge >= 0.3 is 11.9 Å². The Labute approximate surface area is 212 Å². The van der Waals surface area contributed by atoms with Crippen LogP contribution in [0, 0.1) is 0 Å². The highest BCUT2D eigenvalue weighted by Gasteiger charge is 2.38. The van der Waals surface area contributed by atoms with Crippen LogP contribution in [0.1, 0.15) is 44.7 Å². The van der Waals surface area contributed by atoms with Crippen LogP contribution in [0.4, 0.5) is 0 Å². The second kappa shape index (κ2) is 12.9. The molecule has 0 aliphatic rings. The molecule has 0 unspecified atom stereocenters. The molecule has 190 valence electrons. The number of unbranched alkanes of at least 4 members (excludes halogenated alkanes) is 1. The zero-order valence-corrected chi connectivity index (χ0v) is 21.1. The molecule has 2 atom stereocenters. The summed E-state index contributed by atoms with van der Waals surface area (Å²) in [5, 5.41) is 12.9. The molecule has 0 radical (unpaired) electrons. The molecule has 36 heavy (non-hydrogen) atoms. The summed E-state index contributed by atoms with van der Waals surface area (Å²) in [6, 6.07) is 23.7. The molecule has 0 saturated carbocycles. The Morgan fingerprint density at radius 3 is 2.31 bits per heavy atom. The summed E-state index contributed by atoms with van der Waals surface area (Å²) < 4.78 is 16.0. The van der Waals surface area contributed by atoms with Crippen LogP contribution in [0.3, 0.4) is 0 Å². The van der Waals surface area contributed by atoms with Gasteiger partial charge in [-0.2, -0.15) is 0 Å². The van der Waals surface area contributed by atoms with E-state index in [4.69, 9.17) is 14.2 Å². The highest BCUT2D eigenvalue weighted by atomic mass is 16.6. The number of allylic oxidation sites excluding steroid dienone is 1. The molecule has 0 heterocycles. The van der Waals surface area contributed by atoms with Gasteiger partial charge in [0.1, 0.15) is 12.2 Å². The minimum absolute atomic E-state index is 0.0254. The zero-order chi connectivity index (χ0) is 26.0. The van der Waals surface area contributed by atoms with Gasteiger partial charge in [-0.1, -0.05) is 72.8 Å². The largest absolute Gasteiger partial charge is 0.483 e. The van der Waals surface area contributed by atoms with Crippen molar-refractivity contribution in [3.63, 3.8) is 0 Å². The molecule has 3 rings (SSSR count). The first kappa shape index (κ1) is 27.0. The number of aliphatic hydroxyl groups excluding tert-OH is 1. The lowest BCUT2D eigenvalue weighted by Crippen LogP contribution is -2.44. The maximum Gasteiger partial charge on any atom is 0.351 e. The van der Waals surface area contributed by atoms with Crippen LogP contribution in [0.15, 0.2) is 85.1 Å². The van der Waals surface area contributed by atoms with Gasteiger partial charge in [0.25, 0.3) is 0 Å². The fraction of sp³-hybridized carbons (Fsp3) is 0.333. The van der Waals surface area contributed by atoms with E-state index >= 15 is 0 Å². The maximum atomic E-state index is 12.6. The van der Waals surface area contributed by atoms with Crippen molar-refractivity contribution >= 4 is 22.7 Å². The normalized spacial score (nSPS) is 13.3. The molecule has 0 amide bonds. The summed E-state index contributed by atoms with van der Waals surface area (Å²) in [7, 11) is 0. The van der Waals surface area contributed by atoms with Crippen molar-refractivity contribution in [1.82, 2.24) is 0 Å². The Morgan fingerprint density at radius 2 is 1.58 bits per heavy atom. The van der Waals surface area contributed by atoms with Crippen LogP contribution >= 0.6 is 0 Å². The predicted molar refractivity (Wildman–Crippen MR) is 139 cm³/mol. The maximum absolute atomic E-state index is 12.6. The second-order valence-electron chi connectivity index (χ2n) is 9.57. The molecular formula is C30H34O6. The Kier molecular flexibility index (Phi) is 9.65. The number of esters is 2. The van der Waals surface area contributed by atoms with Gasteiger partial charge in [-0.15, -0.1) is 0 Å². The lowest BCUT2D eigenvalue weighted by molar-refractivity contribution is -0.181. The smallest absolute Gasteiger partial charge is 0.351 e. The number of ether oxygens (including phenoxy) is 3. The third kappa shape index (κ3) is 8.54. The van der Waals surface area contributed by atoms with E-state index in [2.05, 4.69) is 30.3 Å². The number of aryl methyl sites for hydroxylation is 1. The van der Waals surface area contributed by atoms with E-state index in [0.717, 1.165) is 18.4 Å². The van der Waals surface area contributed by atoms with Gasteiger partial charge in [0, 0.05) is 0 Å². The molecule has 6 nitrogen and oxygen atoms in total. The molecule has 6 heteroatoms. The number of hydrogen-bond acceptors (Lipinski definition) is 6. The van der Waals surface area contributed by atoms with E-state index in [1.165, 1.54) is 22.6 Å². The van der Waals surface area contributed by atoms with Crippen LogP contribution < -0.4 is 0 Å². The molecule has 0 spiro atoms. The fourth-order valence-electron chi connectivity index (χ4n) is 3.58. The standard InChI is InChI=1S/C30H34O6/c1-30(2,3)36-29(33)27(26(31)28(32)35-21-23-13-6-4-7-14-23)34-19-11-5-8-12-22-17-18-24-15-9-10-16-25(24)20-22/h4,6-7,9-11,13-20,26-27,31H,5,8,12,21H2,1-3H3/t26-,27-/m1/s1. The van der Waals surface area contributed by atoms with Crippen molar-refractivity contribution in [2.24, 2.45) is 0 Å². The summed E-state index contributed by atoms with van der Waals surface area (Å²) in [5.41, 5.74) is 1.20. The molecule has 3 aromatic rings. The van der Waals surface area contributed by atoms with E-state index in [9.17, 15) is 14.7 Å². The summed E-state index contributed by atoms with van der Waals surface area (Å²) in [6.45, 7) is 5.07. The van der Waals surface area contributed by atoms with Crippen LogP contribution in [-0.2, 0) is 36.8 Å². The molecule has 0 fully saturated rings. The Balaban J connectivity index is 1.53. The first-order valence-electron chi connectivity index (χ1n) is 12.1. The molecule has 0 aromatic heterocycles. The highest BCUT2D eigenvalue weighted by molar-refractivity contribution is 5.85. The Morgan fingerprint density at radius 1 is 0.889 bits per heavy atom. The lowest BCUT2D eigenvalue weighted by atomic mass is 10.0. The van der Waals surface area contributed by atoms with E-state index in [-0.39, 0.29) is 6.61 Å². The molecule has 0 saturated heterocycles. The van der Waals surface area contributed by atoms with Crippen molar-refractivity contribution in [2.75, 3.05) is 0 Å². The van der Waals surface area contributed by atoms with Gasteiger partial charge in [-0.25, -0.2) is 9.59 Å². The minimum Gasteiger partial charge on any atom is -0.483 e. The Bertz CT molecular complexity index is 1160. The van der Waals surface area contributed by atoms with Gasteiger partial charge in [0.15, 0.2) is 6.10 Å². The van der Waals surface area contributed by atoms with E-state index in [1.54, 1.807) is 39.0 Å². The number of hydrogen-bond donors (Lipinski definition) is 1. The van der Waals surface area contributed by atoms with Gasteiger partial charge < -0.3 is 19.3 Å². The highest BCUT2D eigenvalue weighted by Crippen LogP contribution is 2.18. The number of benzene rings is 3. The molecule has 1 N–H and O–H groups in total. The van der Waals surface area contributed by atoms with Crippen LogP contribution in [-0.4, -0.2) is 34.9 Å². The average Bonchev–Trinajstić information content (AvgIpc) is 2.86.